The van der Waals surface area contributed by atoms with Gasteiger partial charge in [0, 0.05) is 37.1 Å². The number of aromatic nitrogens is 4. The highest BCUT2D eigenvalue weighted by molar-refractivity contribution is 5.81. The fourth-order valence-corrected chi connectivity index (χ4v) is 1.75. The molecule has 0 N–H and O–H groups in total. The molecule has 4 nitrogen and oxygen atoms in total. The van der Waals surface area contributed by atoms with Crippen LogP contribution >= 0.6 is 0 Å². The Balaban J connectivity index is 2.28. The van der Waals surface area contributed by atoms with Gasteiger partial charge in [0.05, 0.1) is 5.69 Å². The van der Waals surface area contributed by atoms with E-state index in [1.54, 1.807) is 41.1 Å². The van der Waals surface area contributed by atoms with E-state index in [9.17, 15) is 4.39 Å². The summed E-state index contributed by atoms with van der Waals surface area (Å²) in [6, 6.07) is 5.09. The maximum atomic E-state index is 13.7. The van der Waals surface area contributed by atoms with Crippen LogP contribution < -0.4 is 0 Å². The Morgan fingerprint density at radius 1 is 1.31 bits per heavy atom. The largest absolute Gasteiger partial charge is 0.274 e. The first-order valence-corrected chi connectivity index (χ1v) is 4.87. The molecule has 2 heterocycles. The van der Waals surface area contributed by atoms with Crippen molar-refractivity contribution in [2.45, 2.75) is 0 Å². The highest BCUT2D eigenvalue weighted by Gasteiger charge is 2.08. The summed E-state index contributed by atoms with van der Waals surface area (Å²) >= 11 is 0. The van der Waals surface area contributed by atoms with Crippen molar-refractivity contribution in [1.82, 2.24) is 19.6 Å². The van der Waals surface area contributed by atoms with Gasteiger partial charge < -0.3 is 0 Å². The van der Waals surface area contributed by atoms with Gasteiger partial charge in [-0.3, -0.25) is 4.68 Å². The SMILES string of the molecule is Cn1cc2cc(-n3cccn3)cc(F)c2n1. The Morgan fingerprint density at radius 2 is 2.19 bits per heavy atom. The van der Waals surface area contributed by atoms with Gasteiger partial charge in [-0.25, -0.2) is 9.07 Å². The lowest BCUT2D eigenvalue weighted by Crippen LogP contribution is -1.95. The molecule has 0 saturated heterocycles. The molecule has 5 heteroatoms. The third-order valence-corrected chi connectivity index (χ3v) is 2.43. The molecular formula is C11H9FN4. The molecule has 0 fully saturated rings. The number of aryl methyl sites for hydroxylation is 1. The minimum atomic E-state index is -0.330. The molecule has 0 atom stereocenters. The fraction of sp³-hybridized carbons (Fsp3) is 0.0909. The van der Waals surface area contributed by atoms with Gasteiger partial charge in [0.2, 0.25) is 0 Å². The lowest BCUT2D eigenvalue weighted by atomic mass is 10.2. The molecule has 80 valence electrons. The van der Waals surface area contributed by atoms with E-state index in [1.165, 1.54) is 6.07 Å². The lowest BCUT2D eigenvalue weighted by Gasteiger charge is -2.01. The zero-order valence-corrected chi connectivity index (χ0v) is 8.63. The van der Waals surface area contributed by atoms with Crippen molar-refractivity contribution in [2.75, 3.05) is 0 Å². The van der Waals surface area contributed by atoms with Gasteiger partial charge in [0.25, 0.3) is 0 Å². The highest BCUT2D eigenvalue weighted by atomic mass is 19.1. The zero-order chi connectivity index (χ0) is 11.1. The molecule has 0 aliphatic heterocycles. The van der Waals surface area contributed by atoms with Crippen molar-refractivity contribution in [3.63, 3.8) is 0 Å². The molecule has 3 rings (SSSR count). The van der Waals surface area contributed by atoms with Crippen molar-refractivity contribution in [3.05, 3.63) is 42.6 Å². The van der Waals surface area contributed by atoms with Crippen molar-refractivity contribution in [3.8, 4) is 5.69 Å². The van der Waals surface area contributed by atoms with Crippen LogP contribution in [0.1, 0.15) is 0 Å². The summed E-state index contributed by atoms with van der Waals surface area (Å²) in [7, 11) is 1.77. The Labute approximate surface area is 90.9 Å². The standard InChI is InChI=1S/C11H9FN4/c1-15-7-8-5-9(16-4-2-3-13-16)6-10(12)11(8)14-15/h2-7H,1H3. The predicted molar refractivity (Wildman–Crippen MR) is 57.8 cm³/mol. The number of hydrogen-bond donors (Lipinski definition) is 0. The van der Waals surface area contributed by atoms with Crippen LogP contribution in [0.5, 0.6) is 0 Å². The zero-order valence-electron chi connectivity index (χ0n) is 8.63. The van der Waals surface area contributed by atoms with Crippen LogP contribution in [0.15, 0.2) is 36.8 Å². The average molecular weight is 216 g/mol. The first-order valence-electron chi connectivity index (χ1n) is 4.87. The fourth-order valence-electron chi connectivity index (χ4n) is 1.75. The molecule has 16 heavy (non-hydrogen) atoms. The van der Waals surface area contributed by atoms with Gasteiger partial charge in [-0.2, -0.15) is 10.2 Å². The topological polar surface area (TPSA) is 35.6 Å². The van der Waals surface area contributed by atoms with E-state index in [-0.39, 0.29) is 5.82 Å². The molecule has 0 saturated carbocycles. The highest BCUT2D eigenvalue weighted by Crippen LogP contribution is 2.20. The maximum Gasteiger partial charge on any atom is 0.153 e. The minimum Gasteiger partial charge on any atom is -0.274 e. The Hall–Kier alpha value is -2.17. The number of hydrogen-bond acceptors (Lipinski definition) is 2. The van der Waals surface area contributed by atoms with E-state index in [1.807, 2.05) is 6.07 Å². The molecule has 2 aromatic heterocycles. The molecule has 0 aliphatic rings. The number of rotatable bonds is 1. The summed E-state index contributed by atoms with van der Waals surface area (Å²) in [5, 5.41) is 8.88. The van der Waals surface area contributed by atoms with E-state index >= 15 is 0 Å². The quantitative estimate of drug-likeness (QED) is 0.622. The maximum absolute atomic E-state index is 13.7. The van der Waals surface area contributed by atoms with Gasteiger partial charge >= 0.3 is 0 Å². The number of fused-ring (bicyclic) bond motifs is 1. The average Bonchev–Trinajstić information content (AvgIpc) is 2.84. The minimum absolute atomic E-state index is 0.330. The molecular weight excluding hydrogens is 207 g/mol. The van der Waals surface area contributed by atoms with Crippen molar-refractivity contribution < 1.29 is 4.39 Å². The van der Waals surface area contributed by atoms with Crippen LogP contribution in [0.2, 0.25) is 0 Å². The van der Waals surface area contributed by atoms with Crippen LogP contribution in [0.25, 0.3) is 16.6 Å². The van der Waals surface area contributed by atoms with Gasteiger partial charge in [0.1, 0.15) is 5.52 Å². The number of nitrogens with zero attached hydrogens (tertiary/aromatic N) is 4. The molecule has 1 aromatic carbocycles. The van der Waals surface area contributed by atoms with E-state index in [2.05, 4.69) is 10.2 Å². The van der Waals surface area contributed by atoms with Crippen molar-refractivity contribution >= 4 is 10.9 Å². The molecule has 0 bridgehead atoms. The molecule has 0 aliphatic carbocycles. The van der Waals surface area contributed by atoms with Crippen LogP contribution in [-0.2, 0) is 7.05 Å². The van der Waals surface area contributed by atoms with E-state index in [0.29, 0.717) is 11.2 Å². The monoisotopic (exact) mass is 216 g/mol. The summed E-state index contributed by atoms with van der Waals surface area (Å²) in [5.74, 6) is -0.330. The molecule has 3 aromatic rings. The summed E-state index contributed by atoms with van der Waals surface area (Å²) in [4.78, 5) is 0. The van der Waals surface area contributed by atoms with Crippen LogP contribution in [-0.4, -0.2) is 19.6 Å². The van der Waals surface area contributed by atoms with Crippen molar-refractivity contribution in [1.29, 1.82) is 0 Å². The third-order valence-electron chi connectivity index (χ3n) is 2.43. The predicted octanol–water partition coefficient (Wildman–Crippen LogP) is 1.90. The smallest absolute Gasteiger partial charge is 0.153 e. The van der Waals surface area contributed by atoms with Crippen LogP contribution in [0.3, 0.4) is 0 Å². The summed E-state index contributed by atoms with van der Waals surface area (Å²) in [6.07, 6.45) is 5.22. The summed E-state index contributed by atoms with van der Waals surface area (Å²) < 4.78 is 17.0. The van der Waals surface area contributed by atoms with Crippen molar-refractivity contribution in [2.24, 2.45) is 7.05 Å². The van der Waals surface area contributed by atoms with Gasteiger partial charge in [0.15, 0.2) is 5.82 Å². The lowest BCUT2D eigenvalue weighted by molar-refractivity contribution is 0.630. The third kappa shape index (κ3) is 1.29. The van der Waals surface area contributed by atoms with E-state index in [4.69, 9.17) is 0 Å². The van der Waals surface area contributed by atoms with Gasteiger partial charge in [-0.05, 0) is 12.1 Å². The summed E-state index contributed by atoms with van der Waals surface area (Å²) in [6.45, 7) is 0. The first kappa shape index (κ1) is 9.08. The second-order valence-electron chi connectivity index (χ2n) is 3.62. The summed E-state index contributed by atoms with van der Waals surface area (Å²) in [5.41, 5.74) is 1.08. The van der Waals surface area contributed by atoms with E-state index in [0.717, 1.165) is 5.39 Å². The second kappa shape index (κ2) is 3.16. The molecule has 0 amide bonds. The van der Waals surface area contributed by atoms with Crippen LogP contribution in [0.4, 0.5) is 4.39 Å². The van der Waals surface area contributed by atoms with Gasteiger partial charge in [-0.1, -0.05) is 0 Å². The first-order chi connectivity index (χ1) is 7.74. The molecule has 0 radical (unpaired) electrons. The van der Waals surface area contributed by atoms with Gasteiger partial charge in [-0.15, -0.1) is 0 Å². The van der Waals surface area contributed by atoms with E-state index < -0.39 is 0 Å². The molecule has 0 unspecified atom stereocenters. The Bertz CT molecular complexity index is 639. The van der Waals surface area contributed by atoms with Crippen LogP contribution in [0, 0.1) is 5.82 Å². The Kier molecular flexibility index (Phi) is 1.80. The second-order valence-corrected chi connectivity index (χ2v) is 3.62. The number of benzene rings is 1. The normalized spacial score (nSPS) is 11.1. The number of halogens is 1. The Morgan fingerprint density at radius 3 is 2.94 bits per heavy atom. The molecule has 0 spiro atoms.